The summed E-state index contributed by atoms with van der Waals surface area (Å²) in [6, 6.07) is 23.2. The molecule has 3 aliphatic rings. The molecule has 3 aromatic carbocycles. The first-order valence-corrected chi connectivity index (χ1v) is 12.5. The van der Waals surface area contributed by atoms with Gasteiger partial charge in [-0.2, -0.15) is 0 Å². The Labute approximate surface area is 214 Å². The molecule has 2 bridgehead atoms. The lowest BCUT2D eigenvalue weighted by molar-refractivity contribution is -0.123. The number of esters is 1. The number of fused-ring (bicyclic) bond motifs is 5. The highest BCUT2D eigenvalue weighted by Crippen LogP contribution is 2.61. The molecule has 37 heavy (non-hydrogen) atoms. The zero-order valence-electron chi connectivity index (χ0n) is 20.3. The maximum Gasteiger partial charge on any atom is 0.337 e. The highest BCUT2D eigenvalue weighted by atomic mass is 16.5. The van der Waals surface area contributed by atoms with E-state index in [0.29, 0.717) is 28.4 Å². The highest BCUT2D eigenvalue weighted by molar-refractivity contribution is 6.22. The van der Waals surface area contributed by atoms with E-state index in [1.165, 1.54) is 17.6 Å². The fourth-order valence-electron chi connectivity index (χ4n) is 6.57. The van der Waals surface area contributed by atoms with Crippen LogP contribution in [0, 0.1) is 23.7 Å². The van der Waals surface area contributed by atoms with Gasteiger partial charge in [-0.3, -0.25) is 19.3 Å². The number of hydrogen-bond acceptors (Lipinski definition) is 5. The summed E-state index contributed by atoms with van der Waals surface area (Å²) in [4.78, 5) is 52.5. The van der Waals surface area contributed by atoms with Gasteiger partial charge in [-0.05, 0) is 84.7 Å². The number of ether oxygens (including phenoxy) is 1. The fraction of sp³-hybridized carbons (Fsp3) is 0.267. The van der Waals surface area contributed by atoms with Crippen molar-refractivity contribution in [3.63, 3.8) is 0 Å². The second-order valence-electron chi connectivity index (χ2n) is 10.0. The van der Waals surface area contributed by atoms with Crippen LogP contribution in [-0.4, -0.2) is 30.8 Å². The third-order valence-corrected chi connectivity index (χ3v) is 8.19. The van der Waals surface area contributed by atoms with Gasteiger partial charge in [0, 0.05) is 11.3 Å². The van der Waals surface area contributed by atoms with Crippen LogP contribution in [0.15, 0.2) is 78.9 Å². The molecule has 0 unspecified atom stereocenters. The van der Waals surface area contributed by atoms with Crippen molar-refractivity contribution in [2.75, 3.05) is 17.3 Å². The van der Waals surface area contributed by atoms with Gasteiger partial charge < -0.3 is 10.1 Å². The van der Waals surface area contributed by atoms with Gasteiger partial charge in [0.15, 0.2) is 0 Å². The molecule has 3 aromatic rings. The summed E-state index contributed by atoms with van der Waals surface area (Å²) in [5.74, 6) is -0.795. The minimum absolute atomic E-state index is 0.114. The predicted octanol–water partition coefficient (Wildman–Crippen LogP) is 4.65. The first kappa shape index (κ1) is 23.2. The van der Waals surface area contributed by atoms with Crippen molar-refractivity contribution in [2.45, 2.75) is 18.8 Å². The van der Waals surface area contributed by atoms with Crippen molar-refractivity contribution in [1.82, 2.24) is 0 Å². The molecular formula is C30H26N2O5. The third kappa shape index (κ3) is 3.82. The van der Waals surface area contributed by atoms with E-state index in [1.54, 1.807) is 48.5 Å². The molecule has 0 aromatic heterocycles. The van der Waals surface area contributed by atoms with Crippen molar-refractivity contribution < 1.29 is 23.9 Å². The molecule has 0 radical (unpaired) electrons. The van der Waals surface area contributed by atoms with Crippen LogP contribution < -0.4 is 10.2 Å². The van der Waals surface area contributed by atoms with Crippen LogP contribution in [0.25, 0.3) is 0 Å². The lowest BCUT2D eigenvalue weighted by Gasteiger charge is -2.28. The Kier molecular flexibility index (Phi) is 5.63. The first-order chi connectivity index (χ1) is 18.0. The Bertz CT molecular complexity index is 1380. The smallest absolute Gasteiger partial charge is 0.337 e. The number of amides is 3. The molecule has 7 heteroatoms. The summed E-state index contributed by atoms with van der Waals surface area (Å²) in [5, 5.41) is 2.78. The average molecular weight is 495 g/mol. The summed E-state index contributed by atoms with van der Waals surface area (Å²) in [6.45, 7) is 0. The number of rotatable bonds is 5. The van der Waals surface area contributed by atoms with E-state index < -0.39 is 5.97 Å². The Morgan fingerprint density at radius 1 is 0.811 bits per heavy atom. The average Bonchev–Trinajstić information content (AvgIpc) is 3.60. The molecule has 1 heterocycles. The quantitative estimate of drug-likeness (QED) is 0.412. The highest BCUT2D eigenvalue weighted by Gasteiger charge is 2.64. The molecule has 3 amide bonds. The van der Waals surface area contributed by atoms with Crippen LogP contribution in [-0.2, 0) is 14.3 Å². The number of nitrogens with one attached hydrogen (secondary N) is 1. The van der Waals surface area contributed by atoms with Gasteiger partial charge in [0.05, 0.1) is 30.2 Å². The number of methoxy groups -OCH3 is 1. The van der Waals surface area contributed by atoms with Crippen molar-refractivity contribution in [1.29, 1.82) is 0 Å². The Balaban J connectivity index is 1.16. The summed E-state index contributed by atoms with van der Waals surface area (Å²) < 4.78 is 4.68. The zero-order valence-corrected chi connectivity index (χ0v) is 20.3. The molecule has 0 spiro atoms. The SMILES string of the molecule is COC(=O)c1ccc(NC(=O)c2ccc(N3C(=O)[C@H]4[C@@H]5C[C@@H]([C@@H]4C3=O)[C@@H](c3ccccc3)C5)cc2)cc1. The number of carbonyl (C=O) groups is 4. The molecule has 1 saturated heterocycles. The Morgan fingerprint density at radius 3 is 2.14 bits per heavy atom. The van der Waals surface area contributed by atoms with E-state index in [1.807, 2.05) is 18.2 Å². The van der Waals surface area contributed by atoms with Gasteiger partial charge in [0.2, 0.25) is 11.8 Å². The maximum atomic E-state index is 13.5. The van der Waals surface area contributed by atoms with Crippen molar-refractivity contribution in [2.24, 2.45) is 23.7 Å². The number of anilines is 2. The zero-order chi connectivity index (χ0) is 25.7. The summed E-state index contributed by atoms with van der Waals surface area (Å²) in [5.41, 5.74) is 3.06. The van der Waals surface area contributed by atoms with Crippen LogP contribution in [0.4, 0.5) is 11.4 Å². The second kappa shape index (κ2) is 9.00. The van der Waals surface area contributed by atoms with Crippen molar-refractivity contribution >= 4 is 35.1 Å². The molecule has 1 aliphatic heterocycles. The van der Waals surface area contributed by atoms with Crippen LogP contribution in [0.5, 0.6) is 0 Å². The third-order valence-electron chi connectivity index (χ3n) is 8.19. The molecule has 186 valence electrons. The van der Waals surface area contributed by atoms with Crippen LogP contribution in [0.1, 0.15) is 45.0 Å². The number of benzene rings is 3. The van der Waals surface area contributed by atoms with Gasteiger partial charge >= 0.3 is 5.97 Å². The minimum atomic E-state index is -0.452. The normalized spacial score (nSPS) is 25.8. The molecule has 3 fully saturated rings. The van der Waals surface area contributed by atoms with E-state index in [-0.39, 0.29) is 41.4 Å². The van der Waals surface area contributed by atoms with E-state index in [2.05, 4.69) is 22.2 Å². The maximum absolute atomic E-state index is 13.5. The Morgan fingerprint density at radius 2 is 1.46 bits per heavy atom. The topological polar surface area (TPSA) is 92.8 Å². The van der Waals surface area contributed by atoms with Crippen molar-refractivity contribution in [3.05, 3.63) is 95.6 Å². The minimum Gasteiger partial charge on any atom is -0.465 e. The van der Waals surface area contributed by atoms with E-state index in [4.69, 9.17) is 0 Å². The van der Waals surface area contributed by atoms with Crippen LogP contribution in [0.3, 0.4) is 0 Å². The summed E-state index contributed by atoms with van der Waals surface area (Å²) in [6.07, 6.45) is 1.88. The largest absolute Gasteiger partial charge is 0.465 e. The number of nitrogens with zero attached hydrogens (tertiary/aromatic N) is 1. The van der Waals surface area contributed by atoms with Gasteiger partial charge in [-0.1, -0.05) is 30.3 Å². The van der Waals surface area contributed by atoms with E-state index in [9.17, 15) is 19.2 Å². The Hall–Kier alpha value is -4.26. The molecular weight excluding hydrogens is 468 g/mol. The van der Waals surface area contributed by atoms with Gasteiger partial charge in [0.1, 0.15) is 0 Å². The lowest BCUT2D eigenvalue weighted by Crippen LogP contribution is -2.33. The number of imide groups is 1. The van der Waals surface area contributed by atoms with Gasteiger partial charge in [-0.25, -0.2) is 4.79 Å². The number of hydrogen-bond donors (Lipinski definition) is 1. The second-order valence-corrected chi connectivity index (χ2v) is 10.0. The molecule has 2 aliphatic carbocycles. The molecule has 2 saturated carbocycles. The molecule has 5 atom stereocenters. The molecule has 1 N–H and O–H groups in total. The lowest BCUT2D eigenvalue weighted by atomic mass is 9.73. The van der Waals surface area contributed by atoms with Gasteiger partial charge in [-0.15, -0.1) is 0 Å². The summed E-state index contributed by atoms with van der Waals surface area (Å²) >= 11 is 0. The first-order valence-electron chi connectivity index (χ1n) is 12.5. The molecule has 6 rings (SSSR count). The predicted molar refractivity (Wildman–Crippen MR) is 137 cm³/mol. The van der Waals surface area contributed by atoms with Crippen LogP contribution >= 0.6 is 0 Å². The van der Waals surface area contributed by atoms with Gasteiger partial charge in [0.25, 0.3) is 5.91 Å². The van der Waals surface area contributed by atoms with E-state index >= 15 is 0 Å². The standard InChI is InChI=1S/C30H26N2O5/c1-37-30(36)19-7-11-21(12-8-19)31-27(33)18-9-13-22(14-10-18)32-28(34)25-20-15-23(17-5-3-2-4-6-17)24(16-20)26(25)29(32)35/h2-14,20,23-26H,15-16H2,1H3,(H,31,33)/t20-,23+,24+,25-,26-/m0/s1. The fourth-order valence-corrected chi connectivity index (χ4v) is 6.57. The van der Waals surface area contributed by atoms with Crippen LogP contribution in [0.2, 0.25) is 0 Å². The van der Waals surface area contributed by atoms with Crippen molar-refractivity contribution in [3.8, 4) is 0 Å². The number of carbonyl (C=O) groups excluding carboxylic acids is 4. The monoisotopic (exact) mass is 494 g/mol. The molecule has 7 nitrogen and oxygen atoms in total. The van der Waals surface area contributed by atoms with E-state index in [0.717, 1.165) is 12.8 Å². The summed E-state index contributed by atoms with van der Waals surface area (Å²) in [7, 11) is 1.31.